The van der Waals surface area contributed by atoms with Crippen LogP contribution in [0.15, 0.2) is 128 Å². The van der Waals surface area contributed by atoms with Crippen molar-refractivity contribution in [3.63, 3.8) is 0 Å². The van der Waals surface area contributed by atoms with Crippen molar-refractivity contribution in [1.29, 1.82) is 0 Å². The summed E-state index contributed by atoms with van der Waals surface area (Å²) in [5, 5.41) is 4.74. The van der Waals surface area contributed by atoms with E-state index in [9.17, 15) is 0 Å². The predicted octanol–water partition coefficient (Wildman–Crippen LogP) is 9.55. The first kappa shape index (κ1) is 22.1. The van der Waals surface area contributed by atoms with Gasteiger partial charge in [-0.15, -0.1) is 11.3 Å². The van der Waals surface area contributed by atoms with Gasteiger partial charge in [0.15, 0.2) is 0 Å². The molecule has 0 spiro atoms. The summed E-state index contributed by atoms with van der Waals surface area (Å²) in [5.74, 6) is 0. The fraction of sp³-hybridized carbons (Fsp3) is 0. The molecule has 8 aromatic rings. The molecule has 0 fully saturated rings. The van der Waals surface area contributed by atoms with Gasteiger partial charge in [-0.25, -0.2) is 9.97 Å². The second-order valence-electron chi connectivity index (χ2n) is 9.64. The largest absolute Gasteiger partial charge is 0.255 e. The van der Waals surface area contributed by atoms with E-state index < -0.39 is 0 Å². The number of rotatable bonds is 3. The molecule has 182 valence electrons. The summed E-state index contributed by atoms with van der Waals surface area (Å²) in [6.45, 7) is 0. The van der Waals surface area contributed by atoms with Crippen molar-refractivity contribution in [2.24, 2.45) is 0 Å². The fourth-order valence-corrected chi connectivity index (χ4v) is 6.71. The molecule has 3 nitrogen and oxygen atoms in total. The summed E-state index contributed by atoms with van der Waals surface area (Å²) in [4.78, 5) is 14.8. The number of benzene rings is 4. The van der Waals surface area contributed by atoms with Crippen LogP contribution >= 0.6 is 11.3 Å². The Kier molecular flexibility index (Phi) is 5.00. The van der Waals surface area contributed by atoms with Gasteiger partial charge in [-0.2, -0.15) is 0 Å². The predicted molar refractivity (Wildman–Crippen MR) is 164 cm³/mol. The van der Waals surface area contributed by atoms with Crippen molar-refractivity contribution in [3.8, 4) is 33.8 Å². The molecule has 39 heavy (non-hydrogen) atoms. The zero-order valence-electron chi connectivity index (χ0n) is 20.9. The summed E-state index contributed by atoms with van der Waals surface area (Å²) in [5.41, 5.74) is 7.97. The molecule has 4 aromatic carbocycles. The number of hydrogen-bond acceptors (Lipinski definition) is 4. The maximum absolute atomic E-state index is 5.24. The minimum Gasteiger partial charge on any atom is -0.255 e. The van der Waals surface area contributed by atoms with Crippen LogP contribution in [-0.4, -0.2) is 15.0 Å². The van der Waals surface area contributed by atoms with Crippen molar-refractivity contribution >= 4 is 53.3 Å². The molecule has 0 saturated heterocycles. The molecule has 0 saturated carbocycles. The SMILES string of the molecule is c1ccc(-c2ccc3ccc4ccc(-c5ccccc5-c5cccc6c5sc5ccccc56)nc4c3n2)nc1. The standard InChI is InChI=1S/C35H21N3S/c1-2-9-25(24(8-1)27-11-7-12-28-26-10-3-4-14-32(26)39-35(27)28)29-19-17-22-15-16-23-18-20-31(30-13-5-6-21-36-30)38-34(23)33(22)37-29/h1-21H. The highest BCUT2D eigenvalue weighted by molar-refractivity contribution is 7.26. The monoisotopic (exact) mass is 515 g/mol. The first-order chi connectivity index (χ1) is 19.3. The van der Waals surface area contributed by atoms with Gasteiger partial charge in [0.2, 0.25) is 0 Å². The van der Waals surface area contributed by atoms with E-state index >= 15 is 0 Å². The maximum Gasteiger partial charge on any atom is 0.0973 e. The van der Waals surface area contributed by atoms with Gasteiger partial charge in [0.05, 0.1) is 28.1 Å². The summed E-state index contributed by atoms with van der Waals surface area (Å²) < 4.78 is 2.61. The lowest BCUT2D eigenvalue weighted by Gasteiger charge is -2.12. The number of aromatic nitrogens is 3. The Balaban J connectivity index is 1.35. The zero-order valence-corrected chi connectivity index (χ0v) is 21.7. The van der Waals surface area contributed by atoms with Crippen molar-refractivity contribution < 1.29 is 0 Å². The van der Waals surface area contributed by atoms with Gasteiger partial charge in [0.1, 0.15) is 0 Å². The highest BCUT2D eigenvalue weighted by atomic mass is 32.1. The van der Waals surface area contributed by atoms with Crippen molar-refractivity contribution in [2.45, 2.75) is 0 Å². The summed E-state index contributed by atoms with van der Waals surface area (Å²) >= 11 is 1.85. The Labute approximate surface area is 229 Å². The Hall–Kier alpha value is -4.93. The minimum atomic E-state index is 0.847. The molecular weight excluding hydrogens is 494 g/mol. The van der Waals surface area contributed by atoms with Crippen molar-refractivity contribution in [3.05, 3.63) is 128 Å². The second kappa shape index (κ2) is 8.83. The highest BCUT2D eigenvalue weighted by Crippen LogP contribution is 2.42. The average Bonchev–Trinajstić information content (AvgIpc) is 3.40. The third kappa shape index (κ3) is 3.61. The van der Waals surface area contributed by atoms with E-state index in [4.69, 9.17) is 9.97 Å². The molecule has 0 N–H and O–H groups in total. The van der Waals surface area contributed by atoms with E-state index in [1.54, 1.807) is 6.20 Å². The third-order valence-corrected chi connectivity index (χ3v) is 8.56. The van der Waals surface area contributed by atoms with E-state index in [0.29, 0.717) is 0 Å². The molecule has 0 radical (unpaired) electrons. The Morgan fingerprint density at radius 3 is 1.90 bits per heavy atom. The number of nitrogens with zero attached hydrogens (tertiary/aromatic N) is 3. The van der Waals surface area contributed by atoms with Crippen LogP contribution in [0.25, 0.3) is 75.8 Å². The summed E-state index contributed by atoms with van der Waals surface area (Å²) in [6.07, 6.45) is 1.80. The molecule has 0 atom stereocenters. The average molecular weight is 516 g/mol. The Morgan fingerprint density at radius 2 is 1.08 bits per heavy atom. The topological polar surface area (TPSA) is 38.7 Å². The molecule has 8 rings (SSSR count). The van der Waals surface area contributed by atoms with Crippen LogP contribution in [0, 0.1) is 0 Å². The summed E-state index contributed by atoms with van der Waals surface area (Å²) in [7, 11) is 0. The first-order valence-corrected chi connectivity index (χ1v) is 13.8. The van der Waals surface area contributed by atoms with Crippen molar-refractivity contribution in [1.82, 2.24) is 15.0 Å². The highest BCUT2D eigenvalue weighted by Gasteiger charge is 2.15. The second-order valence-corrected chi connectivity index (χ2v) is 10.7. The fourth-order valence-electron chi connectivity index (χ4n) is 5.48. The first-order valence-electron chi connectivity index (χ1n) is 13.0. The zero-order chi connectivity index (χ0) is 25.8. The lowest BCUT2D eigenvalue weighted by molar-refractivity contribution is 1.27. The van der Waals surface area contributed by atoms with Crippen LogP contribution in [-0.2, 0) is 0 Å². The van der Waals surface area contributed by atoms with E-state index in [-0.39, 0.29) is 0 Å². The third-order valence-electron chi connectivity index (χ3n) is 7.34. The Bertz CT molecular complexity index is 2180. The molecule has 0 unspecified atom stereocenters. The van der Waals surface area contributed by atoms with E-state index in [0.717, 1.165) is 44.5 Å². The van der Waals surface area contributed by atoms with Crippen LogP contribution in [0.2, 0.25) is 0 Å². The lowest BCUT2D eigenvalue weighted by Crippen LogP contribution is -1.93. The molecule has 0 aliphatic carbocycles. The van der Waals surface area contributed by atoms with Gasteiger partial charge in [-0.05, 0) is 35.9 Å². The normalized spacial score (nSPS) is 11.6. The molecule has 4 aromatic heterocycles. The number of hydrogen-bond donors (Lipinski definition) is 0. The van der Waals surface area contributed by atoms with Gasteiger partial charge in [0.25, 0.3) is 0 Å². The van der Waals surface area contributed by atoms with Crippen LogP contribution in [0.4, 0.5) is 0 Å². The molecule has 4 heterocycles. The van der Waals surface area contributed by atoms with Crippen LogP contribution < -0.4 is 0 Å². The van der Waals surface area contributed by atoms with E-state index in [1.165, 1.54) is 31.3 Å². The van der Waals surface area contributed by atoms with Gasteiger partial charge in [0, 0.05) is 48.3 Å². The number of fused-ring (bicyclic) bond motifs is 6. The molecule has 4 heteroatoms. The van der Waals surface area contributed by atoms with Gasteiger partial charge in [-0.3, -0.25) is 4.98 Å². The van der Waals surface area contributed by atoms with Crippen LogP contribution in [0.1, 0.15) is 0 Å². The molecule has 0 aliphatic heterocycles. The van der Waals surface area contributed by atoms with Gasteiger partial charge >= 0.3 is 0 Å². The van der Waals surface area contributed by atoms with Crippen molar-refractivity contribution in [2.75, 3.05) is 0 Å². The molecule has 0 aliphatic rings. The maximum atomic E-state index is 5.24. The van der Waals surface area contributed by atoms with Gasteiger partial charge in [-0.1, -0.05) is 91.0 Å². The van der Waals surface area contributed by atoms with E-state index in [1.807, 2.05) is 35.6 Å². The van der Waals surface area contributed by atoms with Crippen LogP contribution in [0.3, 0.4) is 0 Å². The molecule has 0 bridgehead atoms. The minimum absolute atomic E-state index is 0.847. The molecule has 0 amide bonds. The van der Waals surface area contributed by atoms with Crippen LogP contribution in [0.5, 0.6) is 0 Å². The van der Waals surface area contributed by atoms with Gasteiger partial charge < -0.3 is 0 Å². The molecular formula is C35H21N3S. The number of thiophene rings is 1. The summed E-state index contributed by atoms with van der Waals surface area (Å²) in [6, 6.07) is 42.4. The number of pyridine rings is 3. The Morgan fingerprint density at radius 1 is 0.436 bits per heavy atom. The smallest absolute Gasteiger partial charge is 0.0973 e. The van der Waals surface area contributed by atoms with E-state index in [2.05, 4.69) is 102 Å². The quantitative estimate of drug-likeness (QED) is 0.220. The lowest BCUT2D eigenvalue weighted by atomic mass is 9.95.